The first-order valence-electron chi connectivity index (χ1n) is 7.63. The number of hydrogen-bond acceptors (Lipinski definition) is 6. The maximum atomic E-state index is 13.0. The second kappa shape index (κ2) is 5.33. The molecule has 0 spiro atoms. The molecule has 0 fully saturated rings. The fraction of sp³-hybridized carbons (Fsp3) is 0. The summed E-state index contributed by atoms with van der Waals surface area (Å²) >= 11 is 3.39. The van der Waals surface area contributed by atoms with Gasteiger partial charge < -0.3 is 10.1 Å². The number of halogens is 1. The largest absolute Gasteiger partial charge is 0.494 e. The molecule has 2 aromatic heterocycles. The van der Waals surface area contributed by atoms with E-state index in [1.807, 2.05) is 18.2 Å². The van der Waals surface area contributed by atoms with Crippen LogP contribution in [-0.2, 0) is 0 Å². The Labute approximate surface area is 154 Å². The Morgan fingerprint density at radius 2 is 2.00 bits per heavy atom. The molecule has 4 aromatic rings. The van der Waals surface area contributed by atoms with Crippen LogP contribution in [0.25, 0.3) is 22.3 Å². The van der Waals surface area contributed by atoms with Crippen LogP contribution in [0, 0.1) is 0 Å². The topological polar surface area (TPSA) is 120 Å². The van der Waals surface area contributed by atoms with E-state index in [1.54, 1.807) is 18.2 Å². The van der Waals surface area contributed by atoms with Crippen molar-refractivity contribution in [2.75, 3.05) is 0 Å². The van der Waals surface area contributed by atoms with Crippen LogP contribution in [0.3, 0.4) is 0 Å². The number of benzene rings is 2. The third-order valence-corrected chi connectivity index (χ3v) is 4.76. The van der Waals surface area contributed by atoms with Crippen molar-refractivity contribution >= 4 is 44.0 Å². The second-order valence-electron chi connectivity index (χ2n) is 5.80. The van der Waals surface area contributed by atoms with Crippen molar-refractivity contribution in [3.63, 3.8) is 0 Å². The van der Waals surface area contributed by atoms with E-state index in [2.05, 4.69) is 46.5 Å². The third-order valence-electron chi connectivity index (χ3n) is 4.27. The van der Waals surface area contributed by atoms with Crippen LogP contribution < -0.4 is 0 Å². The number of ketones is 1. The van der Waals surface area contributed by atoms with Crippen LogP contribution in [0.4, 0.5) is 5.69 Å². The molecule has 0 amide bonds. The van der Waals surface area contributed by atoms with Gasteiger partial charge in [0.1, 0.15) is 5.71 Å². The summed E-state index contributed by atoms with van der Waals surface area (Å²) in [6.45, 7) is 0. The lowest BCUT2D eigenvalue weighted by atomic mass is 10.0. The van der Waals surface area contributed by atoms with Crippen molar-refractivity contribution < 1.29 is 9.90 Å². The van der Waals surface area contributed by atoms with Crippen molar-refractivity contribution in [2.45, 2.75) is 0 Å². The monoisotopic (exact) mass is 408 g/mol. The van der Waals surface area contributed by atoms with Crippen LogP contribution in [-0.4, -0.2) is 42.2 Å². The quantitative estimate of drug-likeness (QED) is 0.470. The van der Waals surface area contributed by atoms with Gasteiger partial charge >= 0.3 is 0 Å². The minimum absolute atomic E-state index is 0.0867. The molecule has 0 saturated heterocycles. The molecule has 8 nitrogen and oxygen atoms in total. The number of aliphatic imine (C=N–C) groups is 1. The summed E-state index contributed by atoms with van der Waals surface area (Å²) in [5, 5.41) is 24.8. The van der Waals surface area contributed by atoms with E-state index in [0.29, 0.717) is 33.7 Å². The molecular formula is C17H9BrN6O2. The van der Waals surface area contributed by atoms with Crippen LogP contribution in [0.1, 0.15) is 15.9 Å². The Balaban J connectivity index is 1.64. The van der Waals surface area contributed by atoms with Gasteiger partial charge in [-0.2, -0.15) is 5.21 Å². The number of hydrogen-bond donors (Lipinski definition) is 3. The van der Waals surface area contributed by atoms with Crippen molar-refractivity contribution in [1.29, 1.82) is 0 Å². The lowest BCUT2D eigenvalue weighted by Crippen LogP contribution is -2.11. The average molecular weight is 409 g/mol. The summed E-state index contributed by atoms with van der Waals surface area (Å²) < 4.78 is 0.866. The lowest BCUT2D eigenvalue weighted by Gasteiger charge is -2.00. The lowest BCUT2D eigenvalue weighted by molar-refractivity contribution is 0.107. The van der Waals surface area contributed by atoms with Gasteiger partial charge in [-0.15, -0.1) is 10.2 Å². The highest BCUT2D eigenvalue weighted by molar-refractivity contribution is 9.10. The molecule has 5 rings (SSSR count). The van der Waals surface area contributed by atoms with Crippen molar-refractivity contribution in [1.82, 2.24) is 25.6 Å². The Morgan fingerprint density at radius 1 is 1.12 bits per heavy atom. The third kappa shape index (κ3) is 2.10. The van der Waals surface area contributed by atoms with Crippen LogP contribution >= 0.6 is 15.9 Å². The summed E-state index contributed by atoms with van der Waals surface area (Å²) in [5.74, 6) is 0.0507. The molecular weight excluding hydrogens is 400 g/mol. The number of nitrogens with zero attached hydrogens (tertiary/aromatic N) is 4. The van der Waals surface area contributed by atoms with Gasteiger partial charge in [-0.25, -0.2) is 4.99 Å². The summed E-state index contributed by atoms with van der Waals surface area (Å²) in [7, 11) is 0. The summed E-state index contributed by atoms with van der Waals surface area (Å²) in [4.78, 5) is 20.3. The highest BCUT2D eigenvalue weighted by atomic mass is 79.9. The number of H-pyrrole nitrogens is 2. The summed E-state index contributed by atoms with van der Waals surface area (Å²) in [6, 6.07) is 10.7. The van der Waals surface area contributed by atoms with E-state index < -0.39 is 0 Å². The number of aromatic nitrogens is 5. The Hall–Kier alpha value is -3.33. The minimum Gasteiger partial charge on any atom is -0.494 e. The van der Waals surface area contributed by atoms with Crippen molar-refractivity contribution in [2.24, 2.45) is 4.99 Å². The zero-order chi connectivity index (χ0) is 17.8. The SMILES string of the molecule is O=C1C(c2c(O)[nH]c3cc(Br)ccc23)=Nc2ccc(-c3nn[nH]n3)cc21. The van der Waals surface area contributed by atoms with Gasteiger partial charge in [-0.05, 0) is 35.5 Å². The fourth-order valence-corrected chi connectivity index (χ4v) is 3.46. The Bertz CT molecular complexity index is 1230. The number of Topliss-reactive ketones (excluding diaryl/α,β-unsaturated/α-hetero) is 1. The van der Waals surface area contributed by atoms with Gasteiger partial charge in [0.2, 0.25) is 11.6 Å². The Kier molecular flexibility index (Phi) is 3.07. The van der Waals surface area contributed by atoms with Crippen molar-refractivity contribution in [3.8, 4) is 17.3 Å². The van der Waals surface area contributed by atoms with Gasteiger partial charge in [-0.1, -0.05) is 22.0 Å². The molecule has 0 unspecified atom stereocenters. The fourth-order valence-electron chi connectivity index (χ4n) is 3.10. The molecule has 1 aliphatic rings. The molecule has 3 heterocycles. The average Bonchev–Trinajstić information content (AvgIpc) is 3.32. The molecule has 26 heavy (non-hydrogen) atoms. The van der Waals surface area contributed by atoms with Gasteiger partial charge in [-0.3, -0.25) is 4.79 Å². The molecule has 0 aliphatic carbocycles. The molecule has 9 heteroatoms. The highest BCUT2D eigenvalue weighted by Gasteiger charge is 2.30. The number of carbonyl (C=O) groups excluding carboxylic acids is 1. The molecule has 2 aromatic carbocycles. The maximum Gasteiger partial charge on any atom is 0.214 e. The van der Waals surface area contributed by atoms with E-state index >= 15 is 0 Å². The molecule has 126 valence electrons. The normalized spacial score (nSPS) is 13.3. The number of fused-ring (bicyclic) bond motifs is 2. The first-order valence-corrected chi connectivity index (χ1v) is 8.43. The molecule has 0 saturated carbocycles. The van der Waals surface area contributed by atoms with Gasteiger partial charge in [0.05, 0.1) is 22.3 Å². The van der Waals surface area contributed by atoms with E-state index in [9.17, 15) is 9.90 Å². The van der Waals surface area contributed by atoms with Gasteiger partial charge in [0, 0.05) is 15.4 Å². The van der Waals surface area contributed by atoms with E-state index in [0.717, 1.165) is 9.86 Å². The van der Waals surface area contributed by atoms with Gasteiger partial charge in [0.25, 0.3) is 0 Å². The number of tetrazole rings is 1. The maximum absolute atomic E-state index is 13.0. The first kappa shape index (κ1) is 15.0. The minimum atomic E-state index is -0.260. The second-order valence-corrected chi connectivity index (χ2v) is 6.71. The molecule has 0 bridgehead atoms. The van der Waals surface area contributed by atoms with Crippen LogP contribution in [0.15, 0.2) is 45.9 Å². The predicted octanol–water partition coefficient (Wildman–Crippen LogP) is 3.13. The number of aromatic hydroxyl groups is 1. The predicted molar refractivity (Wildman–Crippen MR) is 97.8 cm³/mol. The molecule has 1 aliphatic heterocycles. The Morgan fingerprint density at radius 3 is 2.81 bits per heavy atom. The van der Waals surface area contributed by atoms with Crippen LogP contribution in [0.2, 0.25) is 0 Å². The standard InChI is InChI=1S/C17H9BrN6O2/c18-8-2-3-9-12(6-8)20-17(26)13(9)14-15(25)10-5-7(1-4-11(10)19-14)16-21-23-24-22-16/h1-6,20,26H,(H,21,22,23,24). The number of aromatic amines is 2. The molecule has 3 N–H and O–H groups in total. The first-order chi connectivity index (χ1) is 12.6. The number of carbonyl (C=O) groups is 1. The summed E-state index contributed by atoms with van der Waals surface area (Å²) in [6.07, 6.45) is 0. The molecule has 0 atom stereocenters. The zero-order valence-corrected chi connectivity index (χ0v) is 14.6. The smallest absolute Gasteiger partial charge is 0.214 e. The molecule has 0 radical (unpaired) electrons. The summed E-state index contributed by atoms with van der Waals surface area (Å²) in [5.41, 5.74) is 2.96. The zero-order valence-electron chi connectivity index (χ0n) is 13.0. The van der Waals surface area contributed by atoms with Crippen LogP contribution in [0.5, 0.6) is 5.88 Å². The van der Waals surface area contributed by atoms with E-state index in [4.69, 9.17) is 0 Å². The highest BCUT2D eigenvalue weighted by Crippen LogP contribution is 2.37. The van der Waals surface area contributed by atoms with E-state index in [1.165, 1.54) is 0 Å². The van der Waals surface area contributed by atoms with E-state index in [-0.39, 0.29) is 17.4 Å². The van der Waals surface area contributed by atoms with Gasteiger partial charge in [0.15, 0.2) is 5.88 Å². The van der Waals surface area contributed by atoms with Crippen molar-refractivity contribution in [3.05, 3.63) is 52.0 Å². The number of rotatable bonds is 2. The number of nitrogens with one attached hydrogen (secondary N) is 2.